The molecule has 0 amide bonds. The molecule has 156 valence electrons. The van der Waals surface area contributed by atoms with E-state index in [9.17, 15) is 0 Å². The van der Waals surface area contributed by atoms with E-state index in [2.05, 4.69) is 74.2 Å². The van der Waals surface area contributed by atoms with Crippen LogP contribution in [0.15, 0.2) is 48.5 Å². The van der Waals surface area contributed by atoms with E-state index < -0.39 is 20.8 Å². The summed E-state index contributed by atoms with van der Waals surface area (Å²) in [7, 11) is -9.33. The van der Waals surface area contributed by atoms with Crippen LogP contribution in [0.2, 0.25) is 0 Å². The van der Waals surface area contributed by atoms with Crippen molar-refractivity contribution in [1.82, 2.24) is 4.90 Å². The molecule has 0 spiro atoms. The van der Waals surface area contributed by atoms with Gasteiger partial charge in [0.25, 0.3) is 0 Å². The van der Waals surface area contributed by atoms with Gasteiger partial charge in [0.2, 0.25) is 0 Å². The number of benzene rings is 2. The first-order valence-electron chi connectivity index (χ1n) is 7.87. The topological polar surface area (TPSA) is 152 Å². The van der Waals surface area contributed by atoms with E-state index in [4.69, 9.17) is 35.0 Å². The molecule has 2 rings (SSSR count). The summed E-state index contributed by atoms with van der Waals surface area (Å²) in [5.74, 6) is 0. The standard InChI is InChI=1S/C10H8.C6H15N.2H2O4S/c1-2-6-10-8-4-3-7-9(10)5-1;1-4-7(5-2)6-3;2*1-5(2,3)4/h1-8H;4-6H2,1-3H3;2*(H2,1,2,3,4). The molecule has 0 atom stereocenters. The Balaban J connectivity index is 0. The fourth-order valence-electron chi connectivity index (χ4n) is 1.80. The van der Waals surface area contributed by atoms with Crippen molar-refractivity contribution < 1.29 is 35.0 Å². The summed E-state index contributed by atoms with van der Waals surface area (Å²) >= 11 is 0. The van der Waals surface area contributed by atoms with Crippen LogP contribution >= 0.6 is 0 Å². The molecule has 0 aliphatic heterocycles. The summed E-state index contributed by atoms with van der Waals surface area (Å²) in [5.41, 5.74) is 0. The van der Waals surface area contributed by atoms with Crippen LogP contribution in [0.5, 0.6) is 0 Å². The zero-order valence-electron chi connectivity index (χ0n) is 15.4. The Morgan fingerprint density at radius 2 is 0.815 bits per heavy atom. The quantitative estimate of drug-likeness (QED) is 0.544. The summed E-state index contributed by atoms with van der Waals surface area (Å²) in [6.45, 7) is 10.1. The predicted molar refractivity (Wildman–Crippen MR) is 106 cm³/mol. The lowest BCUT2D eigenvalue weighted by Gasteiger charge is -2.13. The SMILES string of the molecule is CCN(CC)CC.O=S(=O)(O)O.O=S(=O)(O)O.c1ccc2ccccc2c1. The van der Waals surface area contributed by atoms with E-state index in [1.165, 1.54) is 30.4 Å². The van der Waals surface area contributed by atoms with Crippen molar-refractivity contribution >= 4 is 31.6 Å². The van der Waals surface area contributed by atoms with Crippen molar-refractivity contribution in [1.29, 1.82) is 0 Å². The second-order valence-electron chi connectivity index (χ2n) is 4.86. The van der Waals surface area contributed by atoms with Gasteiger partial charge in [0.05, 0.1) is 0 Å². The number of fused-ring (bicyclic) bond motifs is 1. The molecule has 9 nitrogen and oxygen atoms in total. The summed E-state index contributed by atoms with van der Waals surface area (Å²) < 4.78 is 63.2. The lowest BCUT2D eigenvalue weighted by Crippen LogP contribution is -2.21. The molecule has 0 aliphatic carbocycles. The molecule has 11 heteroatoms. The normalized spacial score (nSPS) is 10.7. The lowest BCUT2D eigenvalue weighted by molar-refractivity contribution is 0.321. The molecule has 0 saturated carbocycles. The molecule has 0 heterocycles. The van der Waals surface area contributed by atoms with Crippen LogP contribution in [-0.4, -0.2) is 59.6 Å². The monoisotopic (exact) mass is 425 g/mol. The highest BCUT2D eigenvalue weighted by atomic mass is 32.3. The van der Waals surface area contributed by atoms with E-state index in [-0.39, 0.29) is 0 Å². The lowest BCUT2D eigenvalue weighted by atomic mass is 10.1. The van der Waals surface area contributed by atoms with Gasteiger partial charge < -0.3 is 4.90 Å². The Kier molecular flexibility index (Phi) is 14.8. The third-order valence-electron chi connectivity index (χ3n) is 3.00. The van der Waals surface area contributed by atoms with Gasteiger partial charge in [-0.2, -0.15) is 16.8 Å². The molecule has 0 unspecified atom stereocenters. The van der Waals surface area contributed by atoms with E-state index in [1.54, 1.807) is 0 Å². The number of hydrogen-bond donors (Lipinski definition) is 4. The van der Waals surface area contributed by atoms with E-state index in [0.717, 1.165) is 0 Å². The Morgan fingerprint density at radius 3 is 0.926 bits per heavy atom. The van der Waals surface area contributed by atoms with Gasteiger partial charge in [-0.25, -0.2) is 0 Å². The van der Waals surface area contributed by atoms with Gasteiger partial charge in [-0.15, -0.1) is 0 Å². The van der Waals surface area contributed by atoms with Crippen molar-refractivity contribution in [2.45, 2.75) is 20.8 Å². The molecular weight excluding hydrogens is 398 g/mol. The van der Waals surface area contributed by atoms with Crippen LogP contribution in [-0.2, 0) is 20.8 Å². The molecule has 0 aromatic heterocycles. The smallest absolute Gasteiger partial charge is 0.304 e. The molecule has 2 aromatic carbocycles. The summed E-state index contributed by atoms with van der Waals surface area (Å²) in [5, 5.41) is 2.62. The van der Waals surface area contributed by atoms with Crippen LogP contribution in [0, 0.1) is 0 Å². The third-order valence-corrected chi connectivity index (χ3v) is 3.00. The second kappa shape index (κ2) is 14.5. The molecule has 0 bridgehead atoms. The van der Waals surface area contributed by atoms with Crippen LogP contribution in [0.25, 0.3) is 10.8 Å². The molecule has 0 fully saturated rings. The Hall–Kier alpha value is -1.60. The van der Waals surface area contributed by atoms with Crippen molar-refractivity contribution in [2.75, 3.05) is 19.6 Å². The maximum Gasteiger partial charge on any atom is 0.394 e. The first kappa shape index (κ1) is 27.6. The molecule has 0 radical (unpaired) electrons. The average Bonchev–Trinajstić information content (AvgIpc) is 2.54. The van der Waals surface area contributed by atoms with Gasteiger partial charge in [-0.05, 0) is 30.4 Å². The van der Waals surface area contributed by atoms with Crippen molar-refractivity contribution in [3.8, 4) is 0 Å². The van der Waals surface area contributed by atoms with E-state index >= 15 is 0 Å². The Labute approximate surface area is 160 Å². The Morgan fingerprint density at radius 1 is 0.630 bits per heavy atom. The minimum atomic E-state index is -4.67. The fraction of sp³-hybridized carbons (Fsp3) is 0.375. The first-order valence-corrected chi connectivity index (χ1v) is 10.7. The molecular formula is C16H27NO8S2. The second-order valence-corrected chi connectivity index (χ2v) is 6.65. The number of nitrogens with zero attached hydrogens (tertiary/aromatic N) is 1. The molecule has 2 aromatic rings. The molecule has 0 aliphatic rings. The van der Waals surface area contributed by atoms with Gasteiger partial charge in [-0.1, -0.05) is 69.3 Å². The maximum absolute atomic E-state index is 8.74. The zero-order valence-corrected chi connectivity index (χ0v) is 17.1. The zero-order chi connectivity index (χ0) is 21.5. The van der Waals surface area contributed by atoms with Gasteiger partial charge in [0, 0.05) is 0 Å². The maximum atomic E-state index is 8.74. The highest BCUT2D eigenvalue weighted by Gasteiger charge is 1.89. The van der Waals surface area contributed by atoms with Gasteiger partial charge in [0.15, 0.2) is 0 Å². The molecule has 0 saturated heterocycles. The largest absolute Gasteiger partial charge is 0.394 e. The first-order chi connectivity index (χ1) is 12.3. The highest BCUT2D eigenvalue weighted by Crippen LogP contribution is 2.11. The number of hydrogen-bond acceptors (Lipinski definition) is 5. The summed E-state index contributed by atoms with van der Waals surface area (Å²) in [6, 6.07) is 16.7. The van der Waals surface area contributed by atoms with Crippen molar-refractivity contribution in [3.05, 3.63) is 48.5 Å². The fourth-order valence-corrected chi connectivity index (χ4v) is 1.80. The van der Waals surface area contributed by atoms with Crippen LogP contribution in [0.4, 0.5) is 0 Å². The van der Waals surface area contributed by atoms with Gasteiger partial charge in [0.1, 0.15) is 0 Å². The minimum Gasteiger partial charge on any atom is -0.304 e. The van der Waals surface area contributed by atoms with Gasteiger partial charge >= 0.3 is 20.8 Å². The third kappa shape index (κ3) is 24.4. The van der Waals surface area contributed by atoms with Crippen molar-refractivity contribution in [2.24, 2.45) is 0 Å². The predicted octanol–water partition coefficient (Wildman–Crippen LogP) is 2.88. The highest BCUT2D eigenvalue weighted by molar-refractivity contribution is 7.80. The molecule has 4 N–H and O–H groups in total. The Bertz CT molecular complexity index is 717. The van der Waals surface area contributed by atoms with E-state index in [0.29, 0.717) is 0 Å². The number of rotatable bonds is 3. The molecule has 27 heavy (non-hydrogen) atoms. The van der Waals surface area contributed by atoms with E-state index in [1.807, 2.05) is 0 Å². The van der Waals surface area contributed by atoms with Crippen LogP contribution < -0.4 is 0 Å². The van der Waals surface area contributed by atoms with Crippen molar-refractivity contribution in [3.63, 3.8) is 0 Å². The van der Waals surface area contributed by atoms with Gasteiger partial charge in [-0.3, -0.25) is 18.2 Å². The van der Waals surface area contributed by atoms with Crippen LogP contribution in [0.3, 0.4) is 0 Å². The summed E-state index contributed by atoms with van der Waals surface area (Å²) in [6.07, 6.45) is 0. The van der Waals surface area contributed by atoms with Crippen LogP contribution in [0.1, 0.15) is 20.8 Å². The average molecular weight is 426 g/mol. The minimum absolute atomic E-state index is 1.19. The summed E-state index contributed by atoms with van der Waals surface area (Å²) in [4.78, 5) is 2.38.